The van der Waals surface area contributed by atoms with E-state index in [2.05, 4.69) is 29.2 Å². The number of amides is 1. The van der Waals surface area contributed by atoms with Crippen molar-refractivity contribution in [1.29, 1.82) is 0 Å². The number of nitrogens with zero attached hydrogens (tertiary/aromatic N) is 2. The summed E-state index contributed by atoms with van der Waals surface area (Å²) in [7, 11) is 0. The number of hydrogen-bond donors (Lipinski definition) is 0. The van der Waals surface area contributed by atoms with Crippen molar-refractivity contribution in [2.45, 2.75) is 23.8 Å². The van der Waals surface area contributed by atoms with Gasteiger partial charge in [-0.15, -0.1) is 11.8 Å². The first-order chi connectivity index (χ1) is 13.8. The third-order valence-corrected chi connectivity index (χ3v) is 6.73. The van der Waals surface area contributed by atoms with E-state index < -0.39 is 0 Å². The first-order valence-corrected chi connectivity index (χ1v) is 10.9. The van der Waals surface area contributed by atoms with Crippen LogP contribution in [0.2, 0.25) is 0 Å². The molecule has 1 saturated heterocycles. The molecule has 3 aliphatic rings. The van der Waals surface area contributed by atoms with Gasteiger partial charge in [0.25, 0.3) is 0 Å². The van der Waals surface area contributed by atoms with Crippen LogP contribution in [-0.4, -0.2) is 49.4 Å². The van der Waals surface area contributed by atoms with Crippen LogP contribution in [0.25, 0.3) is 0 Å². The minimum absolute atomic E-state index is 0.192. The fourth-order valence-corrected chi connectivity index (χ4v) is 5.34. The second-order valence-electron chi connectivity index (χ2n) is 7.39. The monoisotopic (exact) mass is 396 g/mol. The number of carbonyl (C=O) groups is 1. The average Bonchev–Trinajstić information content (AvgIpc) is 3.21. The van der Waals surface area contributed by atoms with Crippen molar-refractivity contribution in [3.8, 4) is 11.5 Å². The molecule has 1 atom stereocenters. The van der Waals surface area contributed by atoms with Gasteiger partial charge in [-0.2, -0.15) is 0 Å². The number of carbonyl (C=O) groups excluding carboxylic acids is 1. The number of likely N-dealkylation sites (tertiary alicyclic amines) is 1. The van der Waals surface area contributed by atoms with E-state index >= 15 is 0 Å². The molecule has 0 aromatic heterocycles. The van der Waals surface area contributed by atoms with Gasteiger partial charge in [0.15, 0.2) is 11.5 Å². The lowest BCUT2D eigenvalue weighted by atomic mass is 10.0. The van der Waals surface area contributed by atoms with Crippen molar-refractivity contribution in [3.05, 3.63) is 48.0 Å². The Kier molecular flexibility index (Phi) is 4.91. The lowest BCUT2D eigenvalue weighted by molar-refractivity contribution is -0.120. The van der Waals surface area contributed by atoms with E-state index in [0.29, 0.717) is 19.8 Å². The molecule has 0 N–H and O–H groups in total. The zero-order chi connectivity index (χ0) is 18.9. The Morgan fingerprint density at radius 1 is 1.07 bits per heavy atom. The molecule has 0 spiro atoms. The summed E-state index contributed by atoms with van der Waals surface area (Å²) in [5, 5.41) is 0. The first-order valence-electron chi connectivity index (χ1n) is 9.95. The number of ether oxygens (including phenoxy) is 2. The Balaban J connectivity index is 1.33. The number of hydrogen-bond acceptors (Lipinski definition) is 5. The third-order valence-electron chi connectivity index (χ3n) is 5.68. The lowest BCUT2D eigenvalue weighted by Gasteiger charge is -2.32. The molecule has 2 aromatic rings. The van der Waals surface area contributed by atoms with Crippen LogP contribution in [0.15, 0.2) is 47.4 Å². The zero-order valence-electron chi connectivity index (χ0n) is 15.8. The minimum Gasteiger partial charge on any atom is -0.486 e. The summed E-state index contributed by atoms with van der Waals surface area (Å²) in [5.41, 5.74) is 2.27. The van der Waals surface area contributed by atoms with Crippen LogP contribution >= 0.6 is 11.8 Å². The fourth-order valence-electron chi connectivity index (χ4n) is 4.35. The molecule has 3 aliphatic heterocycles. The maximum absolute atomic E-state index is 13.2. The highest BCUT2D eigenvalue weighted by Gasteiger charge is 2.31. The Labute approximate surface area is 169 Å². The molecule has 28 heavy (non-hydrogen) atoms. The maximum atomic E-state index is 13.2. The molecular formula is C22H24N2O3S. The van der Waals surface area contributed by atoms with E-state index in [-0.39, 0.29) is 11.9 Å². The first kappa shape index (κ1) is 17.9. The molecule has 6 heteroatoms. The van der Waals surface area contributed by atoms with E-state index in [9.17, 15) is 4.79 Å². The van der Waals surface area contributed by atoms with Crippen molar-refractivity contribution < 1.29 is 14.3 Å². The van der Waals surface area contributed by atoms with Gasteiger partial charge in [-0.25, -0.2) is 0 Å². The fraction of sp³-hybridized carbons (Fsp3) is 0.409. The topological polar surface area (TPSA) is 42.0 Å². The van der Waals surface area contributed by atoms with E-state index in [1.54, 1.807) is 0 Å². The van der Waals surface area contributed by atoms with Crippen molar-refractivity contribution >= 4 is 23.4 Å². The number of benzene rings is 2. The molecule has 0 radical (unpaired) electrons. The number of fused-ring (bicyclic) bond motifs is 2. The van der Waals surface area contributed by atoms with Crippen molar-refractivity contribution in [2.75, 3.05) is 43.5 Å². The normalized spacial score (nSPS) is 21.4. The second kappa shape index (κ2) is 7.68. The average molecular weight is 397 g/mol. The smallest absolute Gasteiger partial charge is 0.241 e. The predicted octanol–water partition coefficient (Wildman–Crippen LogP) is 3.73. The highest BCUT2D eigenvalue weighted by atomic mass is 32.2. The zero-order valence-corrected chi connectivity index (χ0v) is 16.6. The molecule has 146 valence electrons. The van der Waals surface area contributed by atoms with Gasteiger partial charge in [-0.1, -0.05) is 18.2 Å². The summed E-state index contributed by atoms with van der Waals surface area (Å²) in [6.07, 6.45) is 2.18. The van der Waals surface area contributed by atoms with Crippen LogP contribution in [0.5, 0.6) is 11.5 Å². The number of anilines is 1. The molecule has 5 nitrogen and oxygen atoms in total. The van der Waals surface area contributed by atoms with Crippen molar-refractivity contribution in [1.82, 2.24) is 4.90 Å². The molecule has 3 heterocycles. The maximum Gasteiger partial charge on any atom is 0.241 e. The second-order valence-corrected chi connectivity index (χ2v) is 8.53. The van der Waals surface area contributed by atoms with Gasteiger partial charge in [-0.3, -0.25) is 9.69 Å². The Hall–Kier alpha value is -2.18. The van der Waals surface area contributed by atoms with Crippen molar-refractivity contribution in [3.63, 3.8) is 0 Å². The molecule has 1 fully saturated rings. The molecule has 5 rings (SSSR count). The van der Waals surface area contributed by atoms with Gasteiger partial charge in [0.2, 0.25) is 5.91 Å². The minimum atomic E-state index is 0.192. The van der Waals surface area contributed by atoms with Crippen LogP contribution in [0.3, 0.4) is 0 Å². The summed E-state index contributed by atoms with van der Waals surface area (Å²) >= 11 is 1.83. The Bertz CT molecular complexity index is 888. The van der Waals surface area contributed by atoms with Gasteiger partial charge in [0.05, 0.1) is 12.2 Å². The van der Waals surface area contributed by atoms with Gasteiger partial charge in [0.1, 0.15) is 13.2 Å². The van der Waals surface area contributed by atoms with Crippen molar-refractivity contribution in [2.24, 2.45) is 0 Å². The summed E-state index contributed by atoms with van der Waals surface area (Å²) in [4.78, 5) is 18.6. The SMILES string of the molecule is O=C(CN1CCC[C@H]1c1ccc2c(c1)OCCO2)N1CCSc2ccccc21. The van der Waals surface area contributed by atoms with Gasteiger partial charge in [-0.05, 0) is 49.2 Å². The van der Waals surface area contributed by atoms with Gasteiger partial charge < -0.3 is 14.4 Å². The summed E-state index contributed by atoms with van der Waals surface area (Å²) in [5.74, 6) is 2.79. The summed E-state index contributed by atoms with van der Waals surface area (Å²) in [6.45, 7) is 3.39. The number of para-hydroxylation sites is 1. The third kappa shape index (κ3) is 3.35. The summed E-state index contributed by atoms with van der Waals surface area (Å²) in [6, 6.07) is 14.7. The molecule has 0 aliphatic carbocycles. The van der Waals surface area contributed by atoms with Crippen LogP contribution in [0, 0.1) is 0 Å². The molecule has 1 amide bonds. The predicted molar refractivity (Wildman–Crippen MR) is 110 cm³/mol. The highest BCUT2D eigenvalue weighted by molar-refractivity contribution is 7.99. The molecular weight excluding hydrogens is 372 g/mol. The van der Waals surface area contributed by atoms with E-state index in [4.69, 9.17) is 9.47 Å². The van der Waals surface area contributed by atoms with Crippen LogP contribution in [-0.2, 0) is 4.79 Å². The quantitative estimate of drug-likeness (QED) is 0.791. The molecule has 0 bridgehead atoms. The van der Waals surface area contributed by atoms with E-state index in [1.807, 2.05) is 34.9 Å². The van der Waals surface area contributed by atoms with Crippen LogP contribution in [0.4, 0.5) is 5.69 Å². The summed E-state index contributed by atoms with van der Waals surface area (Å²) < 4.78 is 11.4. The number of rotatable bonds is 3. The molecule has 0 saturated carbocycles. The van der Waals surface area contributed by atoms with Gasteiger partial charge in [0, 0.05) is 23.2 Å². The van der Waals surface area contributed by atoms with E-state index in [1.165, 1.54) is 10.5 Å². The van der Waals surface area contributed by atoms with Gasteiger partial charge >= 0.3 is 0 Å². The van der Waals surface area contributed by atoms with Crippen LogP contribution in [0.1, 0.15) is 24.4 Å². The Morgan fingerprint density at radius 2 is 1.93 bits per heavy atom. The van der Waals surface area contributed by atoms with E-state index in [0.717, 1.165) is 48.9 Å². The standard InChI is InChI=1S/C22H24N2O3S/c25-22(24-10-13-28-21-6-2-1-4-18(21)24)15-23-9-3-5-17(23)16-7-8-19-20(14-16)27-12-11-26-19/h1-2,4,6-8,14,17H,3,5,9-13,15H2/t17-/m0/s1. The Morgan fingerprint density at radius 3 is 2.86 bits per heavy atom. The highest BCUT2D eigenvalue weighted by Crippen LogP contribution is 2.39. The molecule has 0 unspecified atom stereocenters. The largest absolute Gasteiger partial charge is 0.486 e. The van der Waals surface area contributed by atoms with Crippen LogP contribution < -0.4 is 14.4 Å². The number of thioether (sulfide) groups is 1. The molecule has 2 aromatic carbocycles. The lowest BCUT2D eigenvalue weighted by Crippen LogP contribution is -2.42.